The Morgan fingerprint density at radius 2 is 1.97 bits per heavy atom. The van der Waals surface area contributed by atoms with E-state index in [4.69, 9.17) is 4.42 Å². The molecule has 0 spiro atoms. The molecule has 0 atom stereocenters. The molecule has 0 fully saturated rings. The summed E-state index contributed by atoms with van der Waals surface area (Å²) in [5, 5.41) is 3.04. The predicted octanol–water partition coefficient (Wildman–Crippen LogP) is 5.27. The van der Waals surface area contributed by atoms with E-state index in [1.54, 1.807) is 17.0 Å². The van der Waals surface area contributed by atoms with Gasteiger partial charge in [-0.15, -0.1) is 0 Å². The number of carbonyl (C=O) groups excluding carboxylic acids is 1. The highest BCUT2D eigenvalue weighted by atomic mass is 19.1. The molecule has 6 rings (SSSR count). The third kappa shape index (κ3) is 3.31. The Morgan fingerprint density at radius 1 is 1.15 bits per heavy atom. The highest BCUT2D eigenvalue weighted by molar-refractivity contribution is 6.08. The number of benzene rings is 2. The summed E-state index contributed by atoms with van der Waals surface area (Å²) in [5.41, 5.74) is 4.85. The second kappa shape index (κ2) is 7.84. The summed E-state index contributed by atoms with van der Waals surface area (Å²) >= 11 is 0. The fourth-order valence-corrected chi connectivity index (χ4v) is 4.31. The molecule has 34 heavy (non-hydrogen) atoms. The van der Waals surface area contributed by atoms with E-state index in [0.717, 1.165) is 28.5 Å². The second-order valence-corrected chi connectivity index (χ2v) is 8.12. The summed E-state index contributed by atoms with van der Waals surface area (Å²) in [4.78, 5) is 27.2. The lowest BCUT2D eigenvalue weighted by atomic mass is 10.1. The van der Waals surface area contributed by atoms with Crippen molar-refractivity contribution < 1.29 is 13.6 Å². The average Bonchev–Trinajstić information content (AvgIpc) is 3.45. The van der Waals surface area contributed by atoms with Gasteiger partial charge >= 0.3 is 0 Å². The van der Waals surface area contributed by atoms with Crippen LogP contribution >= 0.6 is 0 Å². The fourth-order valence-electron chi connectivity index (χ4n) is 4.31. The van der Waals surface area contributed by atoms with Gasteiger partial charge in [0.15, 0.2) is 17.3 Å². The van der Waals surface area contributed by atoms with Gasteiger partial charge < -0.3 is 19.6 Å². The van der Waals surface area contributed by atoms with Crippen LogP contribution in [-0.2, 0) is 6.42 Å². The molecule has 7 nitrogen and oxygen atoms in total. The molecule has 0 radical (unpaired) electrons. The van der Waals surface area contributed by atoms with Crippen molar-refractivity contribution in [3.05, 3.63) is 83.8 Å². The summed E-state index contributed by atoms with van der Waals surface area (Å²) in [6, 6.07) is 18.2. The Kier molecular flexibility index (Phi) is 4.65. The fraction of sp³-hybridized carbons (Fsp3) is 0.115. The molecular formula is C26H20FN5O2. The molecule has 0 saturated carbocycles. The van der Waals surface area contributed by atoms with Crippen molar-refractivity contribution in [3.63, 3.8) is 0 Å². The zero-order valence-electron chi connectivity index (χ0n) is 18.3. The van der Waals surface area contributed by atoms with Crippen LogP contribution in [0.2, 0.25) is 0 Å². The number of H-pyrrole nitrogens is 1. The lowest BCUT2D eigenvalue weighted by Gasteiger charge is -2.22. The number of aromatic nitrogens is 3. The highest BCUT2D eigenvalue weighted by Gasteiger charge is 2.30. The first kappa shape index (κ1) is 20.2. The molecule has 8 heteroatoms. The molecule has 0 aliphatic carbocycles. The minimum Gasteiger partial charge on any atom is -0.451 e. The standard InChI is InChI=1S/C26H20FN5O2/c1-28-18-8-6-15(7-9-18)26(33)32-11-10-16-12-22(25-30-19-4-2-3-5-20(19)31-25)34-24(16)23-21(32)13-17(27)14-29-23/h2-9,12-14,28H,10-11H2,1H3,(H,30,31). The first-order valence-electron chi connectivity index (χ1n) is 10.9. The number of nitrogens with one attached hydrogen (secondary N) is 2. The van der Waals surface area contributed by atoms with Gasteiger partial charge in [-0.3, -0.25) is 4.79 Å². The Labute approximate surface area is 194 Å². The molecular weight excluding hydrogens is 433 g/mol. The highest BCUT2D eigenvalue weighted by Crippen LogP contribution is 2.39. The van der Waals surface area contributed by atoms with E-state index in [1.165, 1.54) is 6.07 Å². The van der Waals surface area contributed by atoms with Crippen molar-refractivity contribution in [1.82, 2.24) is 15.0 Å². The van der Waals surface area contributed by atoms with Gasteiger partial charge in [-0.1, -0.05) is 12.1 Å². The van der Waals surface area contributed by atoms with Gasteiger partial charge in [-0.25, -0.2) is 14.4 Å². The minimum atomic E-state index is -0.519. The van der Waals surface area contributed by atoms with Crippen LogP contribution in [0.5, 0.6) is 0 Å². The molecule has 3 aromatic heterocycles. The van der Waals surface area contributed by atoms with Crippen LogP contribution in [0.3, 0.4) is 0 Å². The smallest absolute Gasteiger partial charge is 0.258 e. The minimum absolute atomic E-state index is 0.223. The van der Waals surface area contributed by atoms with Gasteiger partial charge in [0.1, 0.15) is 11.5 Å². The van der Waals surface area contributed by atoms with Crippen molar-refractivity contribution in [2.75, 3.05) is 23.8 Å². The molecule has 2 N–H and O–H groups in total. The summed E-state index contributed by atoms with van der Waals surface area (Å²) in [7, 11) is 1.82. The largest absolute Gasteiger partial charge is 0.451 e. The number of para-hydroxylation sites is 2. The molecule has 0 bridgehead atoms. The molecule has 2 aromatic carbocycles. The first-order valence-corrected chi connectivity index (χ1v) is 10.9. The number of fused-ring (bicyclic) bond motifs is 4. The van der Waals surface area contributed by atoms with Crippen LogP contribution in [0.1, 0.15) is 15.9 Å². The van der Waals surface area contributed by atoms with Gasteiger partial charge in [0.25, 0.3) is 5.91 Å². The molecule has 1 aliphatic rings. The van der Waals surface area contributed by atoms with Gasteiger partial charge in [-0.05, 0) is 48.9 Å². The van der Waals surface area contributed by atoms with Crippen LogP contribution in [0.25, 0.3) is 34.1 Å². The van der Waals surface area contributed by atoms with Crippen molar-refractivity contribution in [3.8, 4) is 23.0 Å². The van der Waals surface area contributed by atoms with E-state index in [9.17, 15) is 9.18 Å². The third-order valence-corrected chi connectivity index (χ3v) is 6.04. The number of pyridine rings is 1. The molecule has 5 aromatic rings. The number of rotatable bonds is 3. The Bertz CT molecular complexity index is 1500. The summed E-state index contributed by atoms with van der Waals surface area (Å²) < 4.78 is 20.5. The maximum absolute atomic E-state index is 14.3. The van der Waals surface area contributed by atoms with E-state index in [1.807, 2.05) is 49.5 Å². The molecule has 1 aliphatic heterocycles. The molecule has 168 valence electrons. The van der Waals surface area contributed by atoms with Gasteiger partial charge in [0.2, 0.25) is 0 Å². The van der Waals surface area contributed by atoms with E-state index >= 15 is 0 Å². The number of amides is 1. The average molecular weight is 453 g/mol. The monoisotopic (exact) mass is 453 g/mol. The van der Waals surface area contributed by atoms with Crippen LogP contribution < -0.4 is 10.2 Å². The number of aromatic amines is 1. The summed E-state index contributed by atoms with van der Waals surface area (Å²) in [6.45, 7) is 0.358. The van der Waals surface area contributed by atoms with E-state index < -0.39 is 5.82 Å². The zero-order chi connectivity index (χ0) is 23.2. The maximum atomic E-state index is 14.3. The number of hydrogen-bond donors (Lipinski definition) is 2. The Balaban J connectivity index is 1.42. The van der Waals surface area contributed by atoms with Crippen molar-refractivity contribution in [2.45, 2.75) is 6.42 Å². The number of nitrogens with zero attached hydrogens (tertiary/aromatic N) is 3. The molecule has 0 unspecified atom stereocenters. The summed E-state index contributed by atoms with van der Waals surface area (Å²) in [5.74, 6) is 0.955. The number of imidazole rings is 1. The molecule has 0 saturated heterocycles. The van der Waals surface area contributed by atoms with Crippen molar-refractivity contribution >= 4 is 28.3 Å². The molecule has 4 heterocycles. The number of anilines is 2. The lowest BCUT2D eigenvalue weighted by Crippen LogP contribution is -2.32. The van der Waals surface area contributed by atoms with Crippen molar-refractivity contribution in [1.29, 1.82) is 0 Å². The normalized spacial score (nSPS) is 12.8. The van der Waals surface area contributed by atoms with Crippen LogP contribution in [0.15, 0.2) is 71.3 Å². The van der Waals surface area contributed by atoms with E-state index in [0.29, 0.717) is 47.3 Å². The van der Waals surface area contributed by atoms with E-state index in [2.05, 4.69) is 20.3 Å². The zero-order valence-corrected chi connectivity index (χ0v) is 18.3. The Hall–Kier alpha value is -4.46. The number of hydrogen-bond acceptors (Lipinski definition) is 5. The van der Waals surface area contributed by atoms with E-state index in [-0.39, 0.29) is 5.91 Å². The molecule has 1 amide bonds. The van der Waals surface area contributed by atoms with Gasteiger partial charge in [0, 0.05) is 36.5 Å². The number of carbonyl (C=O) groups is 1. The quantitative estimate of drug-likeness (QED) is 0.389. The van der Waals surface area contributed by atoms with Crippen LogP contribution in [-0.4, -0.2) is 34.5 Å². The predicted molar refractivity (Wildman–Crippen MR) is 128 cm³/mol. The maximum Gasteiger partial charge on any atom is 0.258 e. The first-order chi connectivity index (χ1) is 16.6. The number of furan rings is 1. The van der Waals surface area contributed by atoms with Crippen LogP contribution in [0.4, 0.5) is 15.8 Å². The third-order valence-electron chi connectivity index (χ3n) is 6.04. The summed E-state index contributed by atoms with van der Waals surface area (Å²) in [6.07, 6.45) is 1.67. The second-order valence-electron chi connectivity index (χ2n) is 8.12. The number of halogens is 1. The van der Waals surface area contributed by atoms with Crippen molar-refractivity contribution in [2.24, 2.45) is 0 Å². The topological polar surface area (TPSA) is 87.0 Å². The SMILES string of the molecule is CNc1ccc(C(=O)N2CCc3cc(-c4nc5ccccc5[nH]4)oc3-c3ncc(F)cc32)cc1. The van der Waals surface area contributed by atoms with Crippen LogP contribution in [0, 0.1) is 5.82 Å². The van der Waals surface area contributed by atoms with Gasteiger partial charge in [-0.2, -0.15) is 0 Å². The lowest BCUT2D eigenvalue weighted by molar-refractivity contribution is 0.0987. The van der Waals surface area contributed by atoms with Gasteiger partial charge in [0.05, 0.1) is 22.9 Å². The Morgan fingerprint density at radius 3 is 2.76 bits per heavy atom.